The largest absolute Gasteiger partial charge is 0.348 e. The molecule has 1 N–H and O–H groups in total. The molecule has 1 amide bonds. The van der Waals surface area contributed by atoms with E-state index in [2.05, 4.69) is 34.7 Å². The first-order valence-electron chi connectivity index (χ1n) is 6.76. The predicted molar refractivity (Wildman–Crippen MR) is 86.1 cm³/mol. The van der Waals surface area contributed by atoms with Gasteiger partial charge in [-0.25, -0.2) is 0 Å². The van der Waals surface area contributed by atoms with E-state index in [1.165, 1.54) is 9.75 Å². The molecule has 0 aliphatic rings. The number of likely N-dealkylation sites (N-methyl/N-ethyl adjacent to an activating group) is 1. The summed E-state index contributed by atoms with van der Waals surface area (Å²) < 4.78 is 0. The average molecular weight is 308 g/mol. The SMILES string of the molecule is CCN(CC(=O)NC(C)c1cccs1)Cc1cccs1. The van der Waals surface area contributed by atoms with Crippen LogP contribution in [-0.2, 0) is 11.3 Å². The van der Waals surface area contributed by atoms with Gasteiger partial charge in [-0.3, -0.25) is 9.69 Å². The average Bonchev–Trinajstić information content (AvgIpc) is 3.10. The highest BCUT2D eigenvalue weighted by Crippen LogP contribution is 2.18. The van der Waals surface area contributed by atoms with Crippen molar-refractivity contribution in [3.05, 3.63) is 44.8 Å². The van der Waals surface area contributed by atoms with Crippen LogP contribution >= 0.6 is 22.7 Å². The van der Waals surface area contributed by atoms with Gasteiger partial charge in [-0.05, 0) is 36.4 Å². The smallest absolute Gasteiger partial charge is 0.234 e. The Balaban J connectivity index is 1.83. The van der Waals surface area contributed by atoms with Gasteiger partial charge in [-0.2, -0.15) is 0 Å². The van der Waals surface area contributed by atoms with Crippen molar-refractivity contribution < 1.29 is 4.79 Å². The van der Waals surface area contributed by atoms with Crippen molar-refractivity contribution in [2.24, 2.45) is 0 Å². The van der Waals surface area contributed by atoms with Crippen LogP contribution in [0.2, 0.25) is 0 Å². The molecule has 108 valence electrons. The minimum atomic E-state index is 0.0861. The van der Waals surface area contributed by atoms with E-state index in [1.54, 1.807) is 22.7 Å². The van der Waals surface area contributed by atoms with Crippen molar-refractivity contribution >= 4 is 28.6 Å². The van der Waals surface area contributed by atoms with E-state index in [4.69, 9.17) is 0 Å². The lowest BCUT2D eigenvalue weighted by molar-refractivity contribution is -0.122. The highest BCUT2D eigenvalue weighted by molar-refractivity contribution is 7.10. The van der Waals surface area contributed by atoms with Gasteiger partial charge in [0.25, 0.3) is 0 Å². The van der Waals surface area contributed by atoms with Gasteiger partial charge in [-0.15, -0.1) is 22.7 Å². The fraction of sp³-hybridized carbons (Fsp3) is 0.400. The molecule has 0 spiro atoms. The molecule has 0 aliphatic carbocycles. The van der Waals surface area contributed by atoms with E-state index in [0.717, 1.165) is 13.1 Å². The standard InChI is InChI=1S/C15H20N2OS2/c1-3-17(10-13-6-4-8-19-13)11-15(18)16-12(2)14-7-5-9-20-14/h4-9,12H,3,10-11H2,1-2H3,(H,16,18). The number of hydrogen-bond donors (Lipinski definition) is 1. The third-order valence-electron chi connectivity index (χ3n) is 3.12. The van der Waals surface area contributed by atoms with E-state index >= 15 is 0 Å². The molecule has 0 saturated carbocycles. The van der Waals surface area contributed by atoms with Crippen LogP contribution in [0.15, 0.2) is 35.0 Å². The lowest BCUT2D eigenvalue weighted by atomic mass is 10.2. The predicted octanol–water partition coefficient (Wildman–Crippen LogP) is 3.51. The second-order valence-corrected chi connectivity index (χ2v) is 6.70. The molecular formula is C15H20N2OS2. The van der Waals surface area contributed by atoms with Crippen molar-refractivity contribution in [3.63, 3.8) is 0 Å². The Hall–Kier alpha value is -1.17. The van der Waals surface area contributed by atoms with Crippen LogP contribution in [-0.4, -0.2) is 23.9 Å². The maximum atomic E-state index is 12.1. The minimum Gasteiger partial charge on any atom is -0.348 e. The molecule has 1 unspecified atom stereocenters. The number of amides is 1. The van der Waals surface area contributed by atoms with E-state index in [-0.39, 0.29) is 11.9 Å². The Morgan fingerprint density at radius 1 is 1.30 bits per heavy atom. The molecule has 0 bridgehead atoms. The lowest BCUT2D eigenvalue weighted by Gasteiger charge is -2.20. The summed E-state index contributed by atoms with van der Waals surface area (Å²) in [6.07, 6.45) is 0. The molecule has 2 aromatic rings. The first kappa shape index (κ1) is 15.2. The molecule has 0 aromatic carbocycles. The molecule has 0 aliphatic heterocycles. The van der Waals surface area contributed by atoms with Gasteiger partial charge in [-0.1, -0.05) is 19.1 Å². The Bertz CT molecular complexity index is 508. The fourth-order valence-electron chi connectivity index (χ4n) is 2.00. The maximum absolute atomic E-state index is 12.1. The van der Waals surface area contributed by atoms with Crippen molar-refractivity contribution in [1.82, 2.24) is 10.2 Å². The zero-order valence-corrected chi connectivity index (χ0v) is 13.5. The lowest BCUT2D eigenvalue weighted by Crippen LogP contribution is -2.37. The van der Waals surface area contributed by atoms with Crippen LogP contribution in [0.5, 0.6) is 0 Å². The van der Waals surface area contributed by atoms with Crippen LogP contribution in [0, 0.1) is 0 Å². The summed E-state index contributed by atoms with van der Waals surface area (Å²) in [5.41, 5.74) is 0. The van der Waals surface area contributed by atoms with E-state index in [1.807, 2.05) is 24.4 Å². The summed E-state index contributed by atoms with van der Waals surface area (Å²) in [5, 5.41) is 7.17. The minimum absolute atomic E-state index is 0.0861. The molecule has 1 atom stereocenters. The highest BCUT2D eigenvalue weighted by atomic mass is 32.1. The van der Waals surface area contributed by atoms with E-state index in [9.17, 15) is 4.79 Å². The van der Waals surface area contributed by atoms with Crippen LogP contribution < -0.4 is 5.32 Å². The zero-order chi connectivity index (χ0) is 14.4. The van der Waals surface area contributed by atoms with Gasteiger partial charge in [0.15, 0.2) is 0 Å². The summed E-state index contributed by atoms with van der Waals surface area (Å²) in [5.74, 6) is 0.0873. The molecule has 2 aromatic heterocycles. The number of rotatable bonds is 7. The Morgan fingerprint density at radius 2 is 2.05 bits per heavy atom. The highest BCUT2D eigenvalue weighted by Gasteiger charge is 2.14. The van der Waals surface area contributed by atoms with Crippen molar-refractivity contribution in [2.45, 2.75) is 26.4 Å². The van der Waals surface area contributed by atoms with Gasteiger partial charge >= 0.3 is 0 Å². The van der Waals surface area contributed by atoms with E-state index < -0.39 is 0 Å². The van der Waals surface area contributed by atoms with Crippen LogP contribution in [0.3, 0.4) is 0 Å². The van der Waals surface area contributed by atoms with Crippen molar-refractivity contribution in [3.8, 4) is 0 Å². The maximum Gasteiger partial charge on any atom is 0.234 e. The summed E-state index contributed by atoms with van der Waals surface area (Å²) in [6, 6.07) is 8.31. The first-order valence-corrected chi connectivity index (χ1v) is 8.52. The Kier molecular flexibility index (Phi) is 5.76. The second kappa shape index (κ2) is 7.57. The number of thiophene rings is 2. The van der Waals surface area contributed by atoms with Gasteiger partial charge in [0.2, 0.25) is 5.91 Å². The summed E-state index contributed by atoms with van der Waals surface area (Å²) in [4.78, 5) is 16.7. The van der Waals surface area contributed by atoms with Gasteiger partial charge in [0.05, 0.1) is 12.6 Å². The molecule has 5 heteroatoms. The topological polar surface area (TPSA) is 32.3 Å². The van der Waals surface area contributed by atoms with Gasteiger partial charge < -0.3 is 5.32 Å². The molecule has 0 fully saturated rings. The monoisotopic (exact) mass is 308 g/mol. The summed E-state index contributed by atoms with van der Waals surface area (Å²) in [6.45, 7) is 6.28. The molecule has 0 radical (unpaired) electrons. The third-order valence-corrected chi connectivity index (χ3v) is 5.04. The zero-order valence-electron chi connectivity index (χ0n) is 11.8. The molecule has 2 rings (SSSR count). The number of carbonyl (C=O) groups is 1. The fourth-order valence-corrected chi connectivity index (χ4v) is 3.48. The van der Waals surface area contributed by atoms with Crippen molar-refractivity contribution in [1.29, 1.82) is 0 Å². The molecule has 0 saturated heterocycles. The van der Waals surface area contributed by atoms with Crippen LogP contribution in [0.1, 0.15) is 29.6 Å². The van der Waals surface area contributed by atoms with Gasteiger partial charge in [0.1, 0.15) is 0 Å². The number of nitrogens with one attached hydrogen (secondary N) is 1. The number of nitrogens with zero attached hydrogens (tertiary/aromatic N) is 1. The van der Waals surface area contributed by atoms with Crippen molar-refractivity contribution in [2.75, 3.05) is 13.1 Å². The van der Waals surface area contributed by atoms with Crippen LogP contribution in [0.4, 0.5) is 0 Å². The molecule has 3 nitrogen and oxygen atoms in total. The molecule has 2 heterocycles. The molecule has 20 heavy (non-hydrogen) atoms. The van der Waals surface area contributed by atoms with Crippen LogP contribution in [0.25, 0.3) is 0 Å². The van der Waals surface area contributed by atoms with E-state index in [0.29, 0.717) is 6.54 Å². The molecular weight excluding hydrogens is 288 g/mol. The normalized spacial score (nSPS) is 12.6. The second-order valence-electron chi connectivity index (χ2n) is 4.69. The third kappa shape index (κ3) is 4.44. The van der Waals surface area contributed by atoms with Gasteiger partial charge in [0, 0.05) is 16.3 Å². The number of hydrogen-bond acceptors (Lipinski definition) is 4. The summed E-state index contributed by atoms with van der Waals surface area (Å²) in [7, 11) is 0. The number of carbonyl (C=O) groups excluding carboxylic acids is 1. The summed E-state index contributed by atoms with van der Waals surface area (Å²) >= 11 is 3.41. The first-order chi connectivity index (χ1) is 9.69. The Labute approximate surface area is 128 Å². The quantitative estimate of drug-likeness (QED) is 0.849. The Morgan fingerprint density at radius 3 is 2.65 bits per heavy atom.